The lowest BCUT2D eigenvalue weighted by atomic mass is 9.87. The molecule has 0 saturated carbocycles. The monoisotopic (exact) mass is 410 g/mol. The van der Waals surface area contributed by atoms with Crippen LogP contribution in [0.4, 0.5) is 0 Å². The summed E-state index contributed by atoms with van der Waals surface area (Å²) in [6, 6.07) is 3.61. The lowest BCUT2D eigenvalue weighted by Gasteiger charge is -2.36. The molecule has 1 aliphatic rings. The van der Waals surface area contributed by atoms with E-state index in [1.807, 2.05) is 32.9 Å². The summed E-state index contributed by atoms with van der Waals surface area (Å²) >= 11 is 0. The number of rotatable bonds is 9. The second kappa shape index (κ2) is 10.7. The Labute approximate surface area is 182 Å². The number of hydrogen-bond acceptors (Lipinski definition) is 3. The summed E-state index contributed by atoms with van der Waals surface area (Å²) in [5, 5.41) is 9.80. The zero-order valence-corrected chi connectivity index (χ0v) is 19.6. The number of ether oxygens (including phenoxy) is 1. The molecule has 0 spiro atoms. The molecule has 3 heteroatoms. The van der Waals surface area contributed by atoms with Crippen LogP contribution in [-0.4, -0.2) is 17.0 Å². The van der Waals surface area contributed by atoms with E-state index >= 15 is 0 Å². The SMILES string of the molecule is CC(C)=CC(C=O)=C(C)CCCC(C)=CCC[C@]1(C)CCc2cc(O)cc(C)c2O1. The van der Waals surface area contributed by atoms with E-state index in [2.05, 4.69) is 26.8 Å². The number of aryl methyl sites for hydroxylation is 2. The third kappa shape index (κ3) is 6.90. The van der Waals surface area contributed by atoms with Crippen molar-refractivity contribution in [2.45, 2.75) is 92.1 Å². The lowest BCUT2D eigenvalue weighted by Crippen LogP contribution is -2.36. The van der Waals surface area contributed by atoms with Crippen LogP contribution in [0.3, 0.4) is 0 Å². The Hall–Kier alpha value is -2.29. The fraction of sp³-hybridized carbons (Fsp3) is 0.519. The highest BCUT2D eigenvalue weighted by Gasteiger charge is 2.31. The van der Waals surface area contributed by atoms with Crippen molar-refractivity contribution in [2.75, 3.05) is 0 Å². The van der Waals surface area contributed by atoms with E-state index in [0.717, 1.165) is 79.3 Å². The Bertz CT molecular complexity index is 853. The quantitative estimate of drug-likeness (QED) is 0.203. The van der Waals surface area contributed by atoms with Crippen LogP contribution < -0.4 is 4.74 Å². The van der Waals surface area contributed by atoms with E-state index in [4.69, 9.17) is 4.74 Å². The number of hydrogen-bond donors (Lipinski definition) is 1. The summed E-state index contributed by atoms with van der Waals surface area (Å²) < 4.78 is 6.38. The Balaban J connectivity index is 1.86. The molecule has 0 aromatic heterocycles. The average molecular weight is 411 g/mol. The molecule has 0 bridgehead atoms. The minimum Gasteiger partial charge on any atom is -0.508 e. The molecule has 30 heavy (non-hydrogen) atoms. The maximum atomic E-state index is 11.3. The number of aldehydes is 1. The first-order chi connectivity index (χ1) is 14.1. The third-order valence-electron chi connectivity index (χ3n) is 5.96. The van der Waals surface area contributed by atoms with E-state index in [9.17, 15) is 9.90 Å². The van der Waals surface area contributed by atoms with Gasteiger partial charge in [-0.05, 0) is 110 Å². The molecule has 0 amide bonds. The summed E-state index contributed by atoms with van der Waals surface area (Å²) in [7, 11) is 0. The first kappa shape index (κ1) is 24.0. The smallest absolute Gasteiger partial charge is 0.149 e. The van der Waals surface area contributed by atoms with E-state index in [0.29, 0.717) is 5.75 Å². The standard InChI is InChI=1S/C27H38O3/c1-19(2)15-24(18-28)21(4)11-7-9-20(3)10-8-13-27(6)14-12-23-17-25(29)16-22(5)26(23)30-27/h10,15-18,29H,7-9,11-14H2,1-6H3/t27-/m1/s1. The van der Waals surface area contributed by atoms with Crippen LogP contribution in [0.2, 0.25) is 0 Å². The van der Waals surface area contributed by atoms with Gasteiger partial charge in [0.1, 0.15) is 23.4 Å². The molecule has 0 radical (unpaired) electrons. The first-order valence-corrected chi connectivity index (χ1v) is 11.1. The number of benzene rings is 1. The van der Waals surface area contributed by atoms with Gasteiger partial charge in [-0.1, -0.05) is 28.9 Å². The van der Waals surface area contributed by atoms with Crippen molar-refractivity contribution in [3.05, 3.63) is 57.7 Å². The molecular weight excluding hydrogens is 372 g/mol. The predicted octanol–water partition coefficient (Wildman–Crippen LogP) is 7.16. The molecule has 3 nitrogen and oxygen atoms in total. The highest BCUT2D eigenvalue weighted by molar-refractivity contribution is 5.78. The molecule has 1 aromatic carbocycles. The predicted molar refractivity (Wildman–Crippen MR) is 125 cm³/mol. The van der Waals surface area contributed by atoms with Crippen LogP contribution in [0.5, 0.6) is 11.5 Å². The zero-order chi connectivity index (χ0) is 22.3. The molecule has 164 valence electrons. The number of phenols is 1. The van der Waals surface area contributed by atoms with Gasteiger partial charge in [0.05, 0.1) is 0 Å². The van der Waals surface area contributed by atoms with Gasteiger partial charge in [0.2, 0.25) is 0 Å². The van der Waals surface area contributed by atoms with E-state index in [1.54, 1.807) is 6.07 Å². The summed E-state index contributed by atoms with van der Waals surface area (Å²) in [4.78, 5) is 11.3. The zero-order valence-electron chi connectivity index (χ0n) is 19.6. The normalized spacial score (nSPS) is 19.5. The number of fused-ring (bicyclic) bond motifs is 1. The highest BCUT2D eigenvalue weighted by atomic mass is 16.5. The molecule has 2 rings (SSSR count). The summed E-state index contributed by atoms with van der Waals surface area (Å²) in [6.07, 6.45) is 12.2. The molecule has 0 unspecified atom stereocenters. The minimum absolute atomic E-state index is 0.159. The third-order valence-corrected chi connectivity index (χ3v) is 5.96. The topological polar surface area (TPSA) is 46.5 Å². The van der Waals surface area contributed by atoms with Crippen molar-refractivity contribution >= 4 is 6.29 Å². The molecule has 1 heterocycles. The van der Waals surface area contributed by atoms with Gasteiger partial charge in [-0.3, -0.25) is 4.79 Å². The van der Waals surface area contributed by atoms with E-state index < -0.39 is 0 Å². The van der Waals surface area contributed by atoms with E-state index in [-0.39, 0.29) is 5.60 Å². The Kier molecular flexibility index (Phi) is 8.52. The van der Waals surface area contributed by atoms with Crippen LogP contribution >= 0.6 is 0 Å². The molecular formula is C27H38O3. The number of aromatic hydroxyl groups is 1. The van der Waals surface area contributed by atoms with Crippen molar-refractivity contribution in [1.82, 2.24) is 0 Å². The molecule has 0 saturated heterocycles. The summed E-state index contributed by atoms with van der Waals surface area (Å²) in [5.74, 6) is 1.27. The highest BCUT2D eigenvalue weighted by Crippen LogP contribution is 2.39. The van der Waals surface area contributed by atoms with Crippen LogP contribution in [0, 0.1) is 6.92 Å². The molecule has 1 aromatic rings. The second-order valence-corrected chi connectivity index (χ2v) is 9.32. The molecule has 0 fully saturated rings. The van der Waals surface area contributed by atoms with Crippen molar-refractivity contribution in [1.29, 1.82) is 0 Å². The van der Waals surface area contributed by atoms with Gasteiger partial charge in [-0.2, -0.15) is 0 Å². The van der Waals surface area contributed by atoms with Gasteiger partial charge in [-0.25, -0.2) is 0 Å². The number of allylic oxidation sites excluding steroid dienone is 6. The van der Waals surface area contributed by atoms with Gasteiger partial charge in [-0.15, -0.1) is 0 Å². The number of carbonyl (C=O) groups is 1. The van der Waals surface area contributed by atoms with Crippen LogP contribution in [-0.2, 0) is 11.2 Å². The van der Waals surface area contributed by atoms with Crippen molar-refractivity contribution in [3.8, 4) is 11.5 Å². The Morgan fingerprint density at radius 2 is 1.93 bits per heavy atom. The van der Waals surface area contributed by atoms with Crippen LogP contribution in [0.1, 0.15) is 84.3 Å². The van der Waals surface area contributed by atoms with Crippen molar-refractivity contribution in [2.24, 2.45) is 0 Å². The largest absolute Gasteiger partial charge is 0.508 e. The van der Waals surface area contributed by atoms with Gasteiger partial charge >= 0.3 is 0 Å². The second-order valence-electron chi connectivity index (χ2n) is 9.32. The molecule has 1 N–H and O–H groups in total. The fourth-order valence-electron chi connectivity index (χ4n) is 4.10. The van der Waals surface area contributed by atoms with Gasteiger partial charge in [0.15, 0.2) is 0 Å². The van der Waals surface area contributed by atoms with Gasteiger partial charge < -0.3 is 9.84 Å². The average Bonchev–Trinajstić information content (AvgIpc) is 2.66. The number of carbonyl (C=O) groups excluding carboxylic acids is 1. The molecule has 1 aliphatic heterocycles. The van der Waals surface area contributed by atoms with Crippen molar-refractivity contribution in [3.63, 3.8) is 0 Å². The number of phenolic OH excluding ortho intramolecular Hbond substituents is 1. The Morgan fingerprint density at radius 3 is 2.60 bits per heavy atom. The van der Waals surface area contributed by atoms with Crippen LogP contribution in [0.25, 0.3) is 0 Å². The first-order valence-electron chi connectivity index (χ1n) is 11.1. The fourth-order valence-corrected chi connectivity index (χ4v) is 4.10. The lowest BCUT2D eigenvalue weighted by molar-refractivity contribution is -0.104. The maximum absolute atomic E-state index is 11.3. The van der Waals surface area contributed by atoms with Gasteiger partial charge in [0, 0.05) is 5.57 Å². The summed E-state index contributed by atoms with van der Waals surface area (Å²) in [5.41, 5.74) is 6.51. The molecule has 0 aliphatic carbocycles. The van der Waals surface area contributed by atoms with Crippen molar-refractivity contribution < 1.29 is 14.6 Å². The minimum atomic E-state index is -0.159. The summed E-state index contributed by atoms with van der Waals surface area (Å²) in [6.45, 7) is 12.5. The van der Waals surface area contributed by atoms with Gasteiger partial charge in [0.25, 0.3) is 0 Å². The van der Waals surface area contributed by atoms with E-state index in [1.165, 1.54) is 11.1 Å². The molecule has 1 atom stereocenters. The maximum Gasteiger partial charge on any atom is 0.149 e. The van der Waals surface area contributed by atoms with Crippen LogP contribution in [0.15, 0.2) is 46.6 Å². The Morgan fingerprint density at radius 1 is 1.20 bits per heavy atom.